The lowest BCUT2D eigenvalue weighted by atomic mass is 10.1. The van der Waals surface area contributed by atoms with Gasteiger partial charge in [0.2, 0.25) is 15.9 Å². The fourth-order valence-electron chi connectivity index (χ4n) is 2.30. The zero-order valence-corrected chi connectivity index (χ0v) is 12.8. The number of piperidine rings is 1. The van der Waals surface area contributed by atoms with Crippen molar-refractivity contribution >= 4 is 15.9 Å². The van der Waals surface area contributed by atoms with Crippen molar-refractivity contribution in [3.8, 4) is 0 Å². The number of rotatable bonds is 7. The van der Waals surface area contributed by atoms with Crippen LogP contribution >= 0.6 is 0 Å². The van der Waals surface area contributed by atoms with Gasteiger partial charge in [0, 0.05) is 25.6 Å². The SMILES string of the molecule is CCCCC(=O)NC1CCN(S(=O)(=O)CCC)CC1. The highest BCUT2D eigenvalue weighted by atomic mass is 32.2. The summed E-state index contributed by atoms with van der Waals surface area (Å²) in [6.07, 6.45) is 4.60. The van der Waals surface area contributed by atoms with Gasteiger partial charge < -0.3 is 5.32 Å². The minimum Gasteiger partial charge on any atom is -0.353 e. The molecule has 1 fully saturated rings. The van der Waals surface area contributed by atoms with Gasteiger partial charge in [0.25, 0.3) is 0 Å². The van der Waals surface area contributed by atoms with E-state index < -0.39 is 10.0 Å². The molecule has 6 heteroatoms. The highest BCUT2D eigenvalue weighted by molar-refractivity contribution is 7.89. The van der Waals surface area contributed by atoms with E-state index >= 15 is 0 Å². The third-order valence-corrected chi connectivity index (χ3v) is 5.51. The molecule has 1 rings (SSSR count). The second-order valence-corrected chi connectivity index (χ2v) is 7.25. The van der Waals surface area contributed by atoms with Crippen molar-refractivity contribution in [2.45, 2.75) is 58.4 Å². The molecule has 0 saturated carbocycles. The van der Waals surface area contributed by atoms with Crippen LogP contribution in [0.2, 0.25) is 0 Å². The first-order chi connectivity index (χ1) is 8.99. The van der Waals surface area contributed by atoms with Crippen LogP contribution in [0.4, 0.5) is 0 Å². The summed E-state index contributed by atoms with van der Waals surface area (Å²) >= 11 is 0. The van der Waals surface area contributed by atoms with Crippen LogP contribution in [-0.2, 0) is 14.8 Å². The number of amides is 1. The average Bonchev–Trinajstić information content (AvgIpc) is 2.37. The van der Waals surface area contributed by atoms with Gasteiger partial charge in [0.15, 0.2) is 0 Å². The molecule has 1 saturated heterocycles. The van der Waals surface area contributed by atoms with Gasteiger partial charge in [0.05, 0.1) is 5.75 Å². The number of hydrogen-bond donors (Lipinski definition) is 1. The second-order valence-electron chi connectivity index (χ2n) is 5.16. The largest absolute Gasteiger partial charge is 0.353 e. The van der Waals surface area contributed by atoms with Gasteiger partial charge in [-0.25, -0.2) is 12.7 Å². The van der Waals surface area contributed by atoms with Gasteiger partial charge in [-0.1, -0.05) is 20.3 Å². The molecule has 1 aliphatic rings. The summed E-state index contributed by atoms with van der Waals surface area (Å²) in [5.74, 6) is 0.317. The first-order valence-corrected chi connectivity index (χ1v) is 8.87. The van der Waals surface area contributed by atoms with E-state index in [0.29, 0.717) is 25.9 Å². The fourth-order valence-corrected chi connectivity index (χ4v) is 3.84. The van der Waals surface area contributed by atoms with E-state index in [0.717, 1.165) is 25.7 Å². The monoisotopic (exact) mass is 290 g/mol. The van der Waals surface area contributed by atoms with Gasteiger partial charge in [-0.15, -0.1) is 0 Å². The third-order valence-electron chi connectivity index (χ3n) is 3.43. The zero-order valence-electron chi connectivity index (χ0n) is 12.0. The van der Waals surface area contributed by atoms with Crippen LogP contribution < -0.4 is 5.32 Å². The van der Waals surface area contributed by atoms with Gasteiger partial charge in [-0.2, -0.15) is 0 Å². The topological polar surface area (TPSA) is 66.5 Å². The minimum atomic E-state index is -3.08. The van der Waals surface area contributed by atoms with Crippen molar-refractivity contribution in [2.24, 2.45) is 0 Å². The number of sulfonamides is 1. The van der Waals surface area contributed by atoms with E-state index in [1.807, 2.05) is 6.92 Å². The van der Waals surface area contributed by atoms with E-state index in [1.165, 1.54) is 0 Å². The predicted octanol–water partition coefficient (Wildman–Crippen LogP) is 1.50. The Morgan fingerprint density at radius 1 is 1.21 bits per heavy atom. The maximum absolute atomic E-state index is 11.9. The lowest BCUT2D eigenvalue weighted by Crippen LogP contribution is -2.47. The molecule has 0 radical (unpaired) electrons. The Morgan fingerprint density at radius 3 is 2.37 bits per heavy atom. The van der Waals surface area contributed by atoms with Crippen LogP contribution in [0.1, 0.15) is 52.4 Å². The molecule has 1 aliphatic heterocycles. The van der Waals surface area contributed by atoms with Crippen molar-refractivity contribution < 1.29 is 13.2 Å². The molecule has 1 N–H and O–H groups in total. The normalized spacial score (nSPS) is 18.4. The van der Waals surface area contributed by atoms with Crippen LogP contribution in [-0.4, -0.2) is 43.5 Å². The Morgan fingerprint density at radius 2 is 1.84 bits per heavy atom. The molecule has 19 heavy (non-hydrogen) atoms. The molecule has 1 amide bonds. The van der Waals surface area contributed by atoms with Crippen LogP contribution in [0, 0.1) is 0 Å². The lowest BCUT2D eigenvalue weighted by Gasteiger charge is -2.31. The highest BCUT2D eigenvalue weighted by Gasteiger charge is 2.27. The number of carbonyl (C=O) groups is 1. The molecule has 112 valence electrons. The van der Waals surface area contributed by atoms with Crippen molar-refractivity contribution in [1.82, 2.24) is 9.62 Å². The van der Waals surface area contributed by atoms with Crippen LogP contribution in [0.5, 0.6) is 0 Å². The van der Waals surface area contributed by atoms with Crippen molar-refractivity contribution in [3.05, 3.63) is 0 Å². The Labute approximate surface area is 116 Å². The fraction of sp³-hybridized carbons (Fsp3) is 0.923. The molecule has 0 aromatic carbocycles. The molecule has 0 bridgehead atoms. The van der Waals surface area contributed by atoms with E-state index in [4.69, 9.17) is 0 Å². The van der Waals surface area contributed by atoms with E-state index in [1.54, 1.807) is 4.31 Å². The minimum absolute atomic E-state index is 0.0942. The smallest absolute Gasteiger partial charge is 0.220 e. The second kappa shape index (κ2) is 7.85. The van der Waals surface area contributed by atoms with Crippen LogP contribution in [0.3, 0.4) is 0 Å². The summed E-state index contributed by atoms with van der Waals surface area (Å²) in [5.41, 5.74) is 0. The van der Waals surface area contributed by atoms with Gasteiger partial charge in [0.1, 0.15) is 0 Å². The van der Waals surface area contributed by atoms with Crippen molar-refractivity contribution in [3.63, 3.8) is 0 Å². The van der Waals surface area contributed by atoms with Gasteiger partial charge in [-0.05, 0) is 25.7 Å². The summed E-state index contributed by atoms with van der Waals surface area (Å²) < 4.78 is 25.3. The standard InChI is InChI=1S/C13H26N2O3S/c1-3-5-6-13(16)14-12-7-9-15(10-8-12)19(17,18)11-4-2/h12H,3-11H2,1-2H3,(H,14,16). The quantitative estimate of drug-likeness (QED) is 0.772. The van der Waals surface area contributed by atoms with Gasteiger partial charge >= 0.3 is 0 Å². The van der Waals surface area contributed by atoms with Crippen LogP contribution in [0.25, 0.3) is 0 Å². The molecule has 0 spiro atoms. The lowest BCUT2D eigenvalue weighted by molar-refractivity contribution is -0.122. The Hall–Kier alpha value is -0.620. The molecule has 0 aliphatic carbocycles. The van der Waals surface area contributed by atoms with E-state index in [-0.39, 0.29) is 17.7 Å². The summed E-state index contributed by atoms with van der Waals surface area (Å²) in [7, 11) is -3.08. The summed E-state index contributed by atoms with van der Waals surface area (Å²) in [4.78, 5) is 11.6. The van der Waals surface area contributed by atoms with E-state index in [9.17, 15) is 13.2 Å². The Balaban J connectivity index is 2.35. The average molecular weight is 290 g/mol. The molecule has 5 nitrogen and oxygen atoms in total. The van der Waals surface area contributed by atoms with Crippen molar-refractivity contribution in [1.29, 1.82) is 0 Å². The first-order valence-electron chi connectivity index (χ1n) is 7.26. The molecular formula is C13H26N2O3S. The predicted molar refractivity (Wildman–Crippen MR) is 76.3 cm³/mol. The zero-order chi connectivity index (χ0) is 14.3. The Kier molecular flexibility index (Phi) is 6.79. The number of carbonyl (C=O) groups excluding carboxylic acids is 1. The molecular weight excluding hydrogens is 264 g/mol. The summed E-state index contributed by atoms with van der Waals surface area (Å²) in [6.45, 7) is 4.99. The number of nitrogens with zero attached hydrogens (tertiary/aromatic N) is 1. The maximum Gasteiger partial charge on any atom is 0.220 e. The van der Waals surface area contributed by atoms with E-state index in [2.05, 4.69) is 12.2 Å². The molecule has 0 aromatic rings. The Bertz CT molecular complexity index is 373. The number of nitrogens with one attached hydrogen (secondary N) is 1. The summed E-state index contributed by atoms with van der Waals surface area (Å²) in [5, 5.41) is 3.00. The molecule has 0 atom stereocenters. The summed E-state index contributed by atoms with van der Waals surface area (Å²) in [6, 6.07) is 0.137. The number of hydrogen-bond acceptors (Lipinski definition) is 3. The maximum atomic E-state index is 11.9. The molecule has 0 unspecified atom stereocenters. The highest BCUT2D eigenvalue weighted by Crippen LogP contribution is 2.15. The molecule has 1 heterocycles. The molecule has 0 aromatic heterocycles. The first kappa shape index (κ1) is 16.4. The van der Waals surface area contributed by atoms with Crippen molar-refractivity contribution in [2.75, 3.05) is 18.8 Å². The number of unbranched alkanes of at least 4 members (excludes halogenated alkanes) is 1. The van der Waals surface area contributed by atoms with Crippen LogP contribution in [0.15, 0.2) is 0 Å². The van der Waals surface area contributed by atoms with Gasteiger partial charge in [-0.3, -0.25) is 4.79 Å². The third kappa shape index (κ3) is 5.48.